The molecule has 3 aromatic rings. The van der Waals surface area contributed by atoms with E-state index in [1.54, 1.807) is 19.4 Å². The predicted molar refractivity (Wildman–Crippen MR) is 109 cm³/mol. The second-order valence-electron chi connectivity index (χ2n) is 6.43. The van der Waals surface area contributed by atoms with Gasteiger partial charge in [0.05, 0.1) is 13.7 Å². The van der Waals surface area contributed by atoms with Crippen LogP contribution in [0.15, 0.2) is 60.9 Å². The normalized spacial score (nSPS) is 12.7. The highest BCUT2D eigenvalue weighted by atomic mass is 16.6. The Morgan fingerprint density at radius 2 is 2.10 bits per heavy atom. The summed E-state index contributed by atoms with van der Waals surface area (Å²) in [6.45, 7) is 1.54. The van der Waals surface area contributed by atoms with Crippen molar-refractivity contribution in [1.82, 2.24) is 9.78 Å². The Hall–Kier alpha value is -3.74. The van der Waals surface area contributed by atoms with Crippen molar-refractivity contribution in [3.8, 4) is 17.2 Å². The zero-order valence-corrected chi connectivity index (χ0v) is 16.0. The predicted octanol–water partition coefficient (Wildman–Crippen LogP) is 3.36. The average Bonchev–Trinajstić information content (AvgIpc) is 3.26. The van der Waals surface area contributed by atoms with Gasteiger partial charge in [-0.1, -0.05) is 18.2 Å². The zero-order valence-electron chi connectivity index (χ0n) is 16.0. The van der Waals surface area contributed by atoms with Crippen LogP contribution in [0.2, 0.25) is 0 Å². The summed E-state index contributed by atoms with van der Waals surface area (Å²) in [6.07, 6.45) is 6.81. The number of nitrogens with one attached hydrogen (secondary N) is 1. The second kappa shape index (κ2) is 8.52. The lowest BCUT2D eigenvalue weighted by Gasteiger charge is -2.20. The molecule has 1 aliphatic heterocycles. The molecule has 29 heavy (non-hydrogen) atoms. The van der Waals surface area contributed by atoms with Crippen LogP contribution in [0.1, 0.15) is 11.1 Å². The number of aromatic nitrogens is 2. The van der Waals surface area contributed by atoms with Crippen molar-refractivity contribution in [2.24, 2.45) is 0 Å². The number of fused-ring (bicyclic) bond motifs is 1. The van der Waals surface area contributed by atoms with E-state index < -0.39 is 0 Å². The van der Waals surface area contributed by atoms with Crippen LogP contribution in [0.4, 0.5) is 5.69 Å². The van der Waals surface area contributed by atoms with Crippen molar-refractivity contribution in [2.45, 2.75) is 6.54 Å². The van der Waals surface area contributed by atoms with E-state index in [9.17, 15) is 4.79 Å². The quantitative estimate of drug-likeness (QED) is 0.652. The molecule has 2 aromatic carbocycles. The Balaban J connectivity index is 1.49. The number of benzene rings is 2. The van der Waals surface area contributed by atoms with Gasteiger partial charge in [-0.2, -0.15) is 5.10 Å². The molecule has 0 aliphatic carbocycles. The minimum Gasteiger partial charge on any atom is -0.493 e. The van der Waals surface area contributed by atoms with Crippen molar-refractivity contribution < 1.29 is 19.0 Å². The van der Waals surface area contributed by atoms with Crippen LogP contribution in [0, 0.1) is 0 Å². The van der Waals surface area contributed by atoms with Gasteiger partial charge in [0.15, 0.2) is 11.5 Å². The van der Waals surface area contributed by atoms with Gasteiger partial charge in [-0.25, -0.2) is 0 Å². The van der Waals surface area contributed by atoms with Crippen LogP contribution in [0.3, 0.4) is 0 Å². The lowest BCUT2D eigenvalue weighted by molar-refractivity contribution is -0.111. The second-order valence-corrected chi connectivity index (χ2v) is 6.43. The maximum absolute atomic E-state index is 12.5. The molecule has 0 bridgehead atoms. The number of anilines is 1. The van der Waals surface area contributed by atoms with E-state index in [0.29, 0.717) is 37.0 Å². The van der Waals surface area contributed by atoms with E-state index in [1.807, 2.05) is 53.3 Å². The number of methoxy groups -OCH3 is 1. The molecule has 0 fully saturated rings. The number of amides is 1. The Kier molecular flexibility index (Phi) is 5.47. The van der Waals surface area contributed by atoms with E-state index >= 15 is 0 Å². The maximum atomic E-state index is 12.5. The number of nitrogens with zero attached hydrogens (tertiary/aromatic N) is 2. The van der Waals surface area contributed by atoms with Gasteiger partial charge < -0.3 is 19.5 Å². The molecule has 0 spiro atoms. The van der Waals surface area contributed by atoms with Crippen LogP contribution in [-0.4, -0.2) is 36.0 Å². The SMILES string of the molecule is COc1cc(/C=C/C(=O)Nc2ccccc2Cn2cccn2)cc2c1OCCO2. The number of hydrogen-bond acceptors (Lipinski definition) is 5. The molecule has 1 aromatic heterocycles. The van der Waals surface area contributed by atoms with Crippen molar-refractivity contribution in [3.05, 3.63) is 72.1 Å². The van der Waals surface area contributed by atoms with Crippen molar-refractivity contribution in [2.75, 3.05) is 25.6 Å². The molecule has 0 radical (unpaired) electrons. The molecular formula is C22H21N3O4. The Morgan fingerprint density at radius 3 is 2.93 bits per heavy atom. The third-order valence-electron chi connectivity index (χ3n) is 4.44. The molecule has 4 rings (SSSR count). The van der Waals surface area contributed by atoms with Crippen LogP contribution in [0.25, 0.3) is 6.08 Å². The molecule has 1 N–H and O–H groups in total. The van der Waals surface area contributed by atoms with Crippen molar-refractivity contribution in [1.29, 1.82) is 0 Å². The van der Waals surface area contributed by atoms with Gasteiger partial charge in [-0.3, -0.25) is 9.48 Å². The van der Waals surface area contributed by atoms with Gasteiger partial charge in [0, 0.05) is 24.2 Å². The molecule has 148 valence electrons. The first-order valence-electron chi connectivity index (χ1n) is 9.25. The van der Waals surface area contributed by atoms with E-state index in [4.69, 9.17) is 14.2 Å². The van der Waals surface area contributed by atoms with Gasteiger partial charge in [0.2, 0.25) is 11.7 Å². The first-order chi connectivity index (χ1) is 14.2. The minimum absolute atomic E-state index is 0.230. The van der Waals surface area contributed by atoms with Gasteiger partial charge in [-0.05, 0) is 41.5 Å². The highest BCUT2D eigenvalue weighted by molar-refractivity contribution is 6.02. The number of hydrogen-bond donors (Lipinski definition) is 1. The van der Waals surface area contributed by atoms with E-state index in [1.165, 1.54) is 6.08 Å². The van der Waals surface area contributed by atoms with Crippen LogP contribution in [-0.2, 0) is 11.3 Å². The Morgan fingerprint density at radius 1 is 1.24 bits per heavy atom. The molecule has 1 amide bonds. The van der Waals surface area contributed by atoms with Gasteiger partial charge in [0.1, 0.15) is 13.2 Å². The lowest BCUT2D eigenvalue weighted by Crippen LogP contribution is -2.16. The fourth-order valence-electron chi connectivity index (χ4n) is 3.08. The van der Waals surface area contributed by atoms with Crippen LogP contribution in [0.5, 0.6) is 17.2 Å². The molecule has 7 heteroatoms. The Labute approximate surface area is 168 Å². The fourth-order valence-corrected chi connectivity index (χ4v) is 3.08. The average molecular weight is 391 g/mol. The third kappa shape index (κ3) is 4.40. The molecule has 0 saturated heterocycles. The van der Waals surface area contributed by atoms with Crippen molar-refractivity contribution in [3.63, 3.8) is 0 Å². The number of rotatable bonds is 6. The van der Waals surface area contributed by atoms with E-state index in [0.717, 1.165) is 16.8 Å². The Bertz CT molecular complexity index is 1010. The fraction of sp³-hybridized carbons (Fsp3) is 0.182. The number of ether oxygens (including phenoxy) is 3. The largest absolute Gasteiger partial charge is 0.493 e. The zero-order chi connectivity index (χ0) is 20.1. The summed E-state index contributed by atoms with van der Waals surface area (Å²) in [7, 11) is 1.57. The summed E-state index contributed by atoms with van der Waals surface area (Å²) < 4.78 is 18.4. The van der Waals surface area contributed by atoms with Gasteiger partial charge in [0.25, 0.3) is 0 Å². The molecule has 7 nitrogen and oxygen atoms in total. The molecular weight excluding hydrogens is 370 g/mol. The molecule has 0 unspecified atom stereocenters. The highest BCUT2D eigenvalue weighted by Crippen LogP contribution is 2.40. The van der Waals surface area contributed by atoms with Gasteiger partial charge in [-0.15, -0.1) is 0 Å². The number of para-hydroxylation sites is 1. The summed E-state index contributed by atoms with van der Waals surface area (Å²) in [5.74, 6) is 1.55. The first-order valence-corrected chi connectivity index (χ1v) is 9.25. The van der Waals surface area contributed by atoms with E-state index in [-0.39, 0.29) is 5.91 Å². The molecule has 0 atom stereocenters. The molecule has 0 saturated carbocycles. The number of carbonyl (C=O) groups is 1. The molecule has 2 heterocycles. The maximum Gasteiger partial charge on any atom is 0.248 e. The van der Waals surface area contributed by atoms with Gasteiger partial charge >= 0.3 is 0 Å². The summed E-state index contributed by atoms with van der Waals surface area (Å²) in [4.78, 5) is 12.5. The smallest absolute Gasteiger partial charge is 0.248 e. The molecule has 1 aliphatic rings. The standard InChI is InChI=1S/C22H21N3O4/c1-27-19-13-16(14-20-22(19)29-12-11-28-20)7-8-21(26)24-18-6-3-2-5-17(18)15-25-10-4-9-23-25/h2-10,13-14H,11-12,15H2,1H3,(H,24,26)/b8-7+. The summed E-state index contributed by atoms with van der Waals surface area (Å²) in [6, 6.07) is 13.2. The monoisotopic (exact) mass is 391 g/mol. The summed E-state index contributed by atoms with van der Waals surface area (Å²) >= 11 is 0. The minimum atomic E-state index is -0.230. The summed E-state index contributed by atoms with van der Waals surface area (Å²) in [5.41, 5.74) is 2.50. The lowest BCUT2D eigenvalue weighted by atomic mass is 10.1. The van der Waals surface area contributed by atoms with Crippen LogP contribution >= 0.6 is 0 Å². The van der Waals surface area contributed by atoms with E-state index in [2.05, 4.69) is 10.4 Å². The summed E-state index contributed by atoms with van der Waals surface area (Å²) in [5, 5.41) is 7.15. The number of carbonyl (C=O) groups excluding carboxylic acids is 1. The highest BCUT2D eigenvalue weighted by Gasteiger charge is 2.17. The topological polar surface area (TPSA) is 74.6 Å². The van der Waals surface area contributed by atoms with Crippen molar-refractivity contribution >= 4 is 17.7 Å². The van der Waals surface area contributed by atoms with Crippen LogP contribution < -0.4 is 19.5 Å². The first kappa shape index (κ1) is 18.6. The third-order valence-corrected chi connectivity index (χ3v) is 4.44.